The summed E-state index contributed by atoms with van der Waals surface area (Å²) in [4.78, 5) is 0. The Morgan fingerprint density at radius 2 is 1.94 bits per heavy atom. The average Bonchev–Trinajstić information content (AvgIpc) is 2.27. The molecule has 0 aromatic heterocycles. The first-order valence-electron chi connectivity index (χ1n) is 5.15. The Kier molecular flexibility index (Phi) is 4.92. The van der Waals surface area contributed by atoms with Crippen LogP contribution in [0.3, 0.4) is 0 Å². The Morgan fingerprint density at radius 1 is 1.31 bits per heavy atom. The minimum Gasteiger partial charge on any atom is -0.396 e. The molecule has 2 N–H and O–H groups in total. The van der Waals surface area contributed by atoms with E-state index in [-0.39, 0.29) is 24.8 Å². The Bertz CT molecular complexity index is 402. The standard InChI is InChI=1S/C11H17NO3S/c1-10(8-13)7-12-16(14,15)9-11-5-3-2-4-6-11/h2-6,10,12-13H,7-9H2,1H3. The van der Waals surface area contributed by atoms with Crippen LogP contribution in [0.2, 0.25) is 0 Å². The van der Waals surface area contributed by atoms with Gasteiger partial charge in [0, 0.05) is 13.2 Å². The third-order valence-corrected chi connectivity index (χ3v) is 3.48. The summed E-state index contributed by atoms with van der Waals surface area (Å²) in [5, 5.41) is 8.79. The lowest BCUT2D eigenvalue weighted by Gasteiger charge is -2.10. The molecule has 0 amide bonds. The second-order valence-electron chi connectivity index (χ2n) is 3.88. The number of hydrogen-bond donors (Lipinski definition) is 2. The van der Waals surface area contributed by atoms with Gasteiger partial charge in [-0.3, -0.25) is 0 Å². The summed E-state index contributed by atoms with van der Waals surface area (Å²) < 4.78 is 25.7. The van der Waals surface area contributed by atoms with Gasteiger partial charge in [0.05, 0.1) is 5.75 Å². The van der Waals surface area contributed by atoms with Crippen molar-refractivity contribution in [1.82, 2.24) is 4.72 Å². The van der Waals surface area contributed by atoms with Gasteiger partial charge in [0.2, 0.25) is 10.0 Å². The molecule has 16 heavy (non-hydrogen) atoms. The van der Waals surface area contributed by atoms with Gasteiger partial charge in [-0.15, -0.1) is 0 Å². The smallest absolute Gasteiger partial charge is 0.215 e. The van der Waals surface area contributed by atoms with Crippen molar-refractivity contribution < 1.29 is 13.5 Å². The number of benzene rings is 1. The second-order valence-corrected chi connectivity index (χ2v) is 5.69. The van der Waals surface area contributed by atoms with Gasteiger partial charge in [-0.1, -0.05) is 37.3 Å². The molecule has 0 fully saturated rings. The lowest BCUT2D eigenvalue weighted by molar-refractivity contribution is 0.238. The highest BCUT2D eigenvalue weighted by atomic mass is 32.2. The molecule has 0 aliphatic heterocycles. The van der Waals surface area contributed by atoms with Gasteiger partial charge < -0.3 is 5.11 Å². The highest BCUT2D eigenvalue weighted by Crippen LogP contribution is 2.04. The van der Waals surface area contributed by atoms with Crippen LogP contribution < -0.4 is 4.72 Å². The summed E-state index contributed by atoms with van der Waals surface area (Å²) in [5.74, 6) is -0.0861. The van der Waals surface area contributed by atoms with E-state index in [1.165, 1.54) is 0 Å². The number of aliphatic hydroxyl groups is 1. The van der Waals surface area contributed by atoms with Crippen LogP contribution >= 0.6 is 0 Å². The zero-order valence-corrected chi connectivity index (χ0v) is 10.1. The molecule has 1 atom stereocenters. The maximum Gasteiger partial charge on any atom is 0.215 e. The number of sulfonamides is 1. The van der Waals surface area contributed by atoms with Crippen LogP contribution in [-0.4, -0.2) is 26.7 Å². The van der Waals surface area contributed by atoms with E-state index < -0.39 is 10.0 Å². The molecule has 90 valence electrons. The summed E-state index contributed by atoms with van der Waals surface area (Å²) in [5.41, 5.74) is 0.756. The van der Waals surface area contributed by atoms with E-state index in [0.29, 0.717) is 0 Å². The number of hydrogen-bond acceptors (Lipinski definition) is 3. The van der Waals surface area contributed by atoms with Crippen molar-refractivity contribution in [3.8, 4) is 0 Å². The van der Waals surface area contributed by atoms with E-state index in [0.717, 1.165) is 5.56 Å². The summed E-state index contributed by atoms with van der Waals surface area (Å²) in [6.45, 7) is 2.03. The fraction of sp³-hybridized carbons (Fsp3) is 0.455. The van der Waals surface area contributed by atoms with E-state index in [1.807, 2.05) is 6.07 Å². The van der Waals surface area contributed by atoms with Gasteiger partial charge >= 0.3 is 0 Å². The molecule has 0 bridgehead atoms. The van der Waals surface area contributed by atoms with Gasteiger partial charge in [-0.05, 0) is 11.5 Å². The third kappa shape index (κ3) is 4.74. The Hall–Kier alpha value is -0.910. The van der Waals surface area contributed by atoms with Gasteiger partial charge in [0.25, 0.3) is 0 Å². The lowest BCUT2D eigenvalue weighted by atomic mass is 10.2. The van der Waals surface area contributed by atoms with E-state index in [4.69, 9.17) is 5.11 Å². The Labute approximate surface area is 96.4 Å². The summed E-state index contributed by atoms with van der Waals surface area (Å²) in [7, 11) is -3.30. The molecule has 1 unspecified atom stereocenters. The lowest BCUT2D eigenvalue weighted by Crippen LogP contribution is -2.30. The van der Waals surface area contributed by atoms with Crippen molar-refractivity contribution >= 4 is 10.0 Å². The van der Waals surface area contributed by atoms with Gasteiger partial charge in [0.1, 0.15) is 0 Å². The predicted molar refractivity (Wildman–Crippen MR) is 63.3 cm³/mol. The number of aliphatic hydroxyl groups excluding tert-OH is 1. The molecule has 1 aromatic carbocycles. The molecule has 1 aromatic rings. The first-order valence-corrected chi connectivity index (χ1v) is 6.81. The number of rotatable bonds is 6. The molecule has 5 heteroatoms. The van der Waals surface area contributed by atoms with Crippen molar-refractivity contribution in [2.45, 2.75) is 12.7 Å². The van der Waals surface area contributed by atoms with E-state index >= 15 is 0 Å². The van der Waals surface area contributed by atoms with E-state index in [1.54, 1.807) is 31.2 Å². The molecule has 0 saturated heterocycles. The second kappa shape index (κ2) is 5.98. The highest BCUT2D eigenvalue weighted by Gasteiger charge is 2.12. The van der Waals surface area contributed by atoms with Crippen LogP contribution in [0.4, 0.5) is 0 Å². The van der Waals surface area contributed by atoms with Crippen molar-refractivity contribution in [3.05, 3.63) is 35.9 Å². The molecular formula is C11H17NO3S. The maximum absolute atomic E-state index is 11.6. The predicted octanol–water partition coefficient (Wildman–Crippen LogP) is 0.734. The quantitative estimate of drug-likeness (QED) is 0.774. The SMILES string of the molecule is CC(CO)CNS(=O)(=O)Cc1ccccc1. The van der Waals surface area contributed by atoms with Gasteiger partial charge in [0.15, 0.2) is 0 Å². The molecule has 0 aliphatic rings. The highest BCUT2D eigenvalue weighted by molar-refractivity contribution is 7.88. The topological polar surface area (TPSA) is 66.4 Å². The monoisotopic (exact) mass is 243 g/mol. The summed E-state index contributed by atoms with van der Waals surface area (Å²) in [6.07, 6.45) is 0. The first-order chi connectivity index (χ1) is 7.53. The van der Waals surface area contributed by atoms with Crippen molar-refractivity contribution in [3.63, 3.8) is 0 Å². The molecule has 0 radical (unpaired) electrons. The molecule has 0 aliphatic carbocycles. The molecule has 0 heterocycles. The maximum atomic E-state index is 11.6. The third-order valence-electron chi connectivity index (χ3n) is 2.16. The largest absolute Gasteiger partial charge is 0.396 e. The molecule has 0 spiro atoms. The van der Waals surface area contributed by atoms with Gasteiger partial charge in [-0.2, -0.15) is 0 Å². The Morgan fingerprint density at radius 3 is 2.50 bits per heavy atom. The minimum atomic E-state index is -3.30. The summed E-state index contributed by atoms with van der Waals surface area (Å²) >= 11 is 0. The zero-order chi connectivity index (χ0) is 12.0. The zero-order valence-electron chi connectivity index (χ0n) is 9.26. The van der Waals surface area contributed by atoms with Crippen LogP contribution in [0.15, 0.2) is 30.3 Å². The molecule has 0 saturated carbocycles. The van der Waals surface area contributed by atoms with Crippen molar-refractivity contribution in [2.24, 2.45) is 5.92 Å². The van der Waals surface area contributed by atoms with Crippen LogP contribution in [0.25, 0.3) is 0 Å². The summed E-state index contributed by atoms with van der Waals surface area (Å²) in [6, 6.07) is 9.00. The van der Waals surface area contributed by atoms with Crippen LogP contribution in [0.5, 0.6) is 0 Å². The van der Waals surface area contributed by atoms with Crippen molar-refractivity contribution in [2.75, 3.05) is 13.2 Å². The van der Waals surface area contributed by atoms with E-state index in [2.05, 4.69) is 4.72 Å². The van der Waals surface area contributed by atoms with Crippen LogP contribution in [-0.2, 0) is 15.8 Å². The molecule has 1 rings (SSSR count). The normalized spacial score (nSPS) is 13.6. The molecule has 4 nitrogen and oxygen atoms in total. The Balaban J connectivity index is 2.53. The van der Waals surface area contributed by atoms with Crippen molar-refractivity contribution in [1.29, 1.82) is 0 Å². The number of nitrogens with one attached hydrogen (secondary N) is 1. The fourth-order valence-corrected chi connectivity index (χ4v) is 2.45. The van der Waals surface area contributed by atoms with Crippen LogP contribution in [0.1, 0.15) is 12.5 Å². The molecular weight excluding hydrogens is 226 g/mol. The fourth-order valence-electron chi connectivity index (χ4n) is 1.18. The minimum absolute atomic E-state index is 0.0200. The van der Waals surface area contributed by atoms with Gasteiger partial charge in [-0.25, -0.2) is 13.1 Å². The average molecular weight is 243 g/mol. The first kappa shape index (κ1) is 13.2. The van der Waals surface area contributed by atoms with Crippen LogP contribution in [0, 0.1) is 5.92 Å². The van der Waals surface area contributed by atoms with E-state index in [9.17, 15) is 8.42 Å².